The molecule has 0 fully saturated rings. The Morgan fingerprint density at radius 1 is 0.860 bits per heavy atom. The molecule has 3 aromatic heterocycles. The van der Waals surface area contributed by atoms with Crippen molar-refractivity contribution in [3.63, 3.8) is 0 Å². The Labute approximate surface area is 337 Å². The number of carbonyl (C=O) groups is 2. The number of unbranched alkanes of at least 4 members (excludes halogenated alkanes) is 1. The molecular weight excluding hydrogens is 740 g/mol. The van der Waals surface area contributed by atoms with Crippen molar-refractivity contribution in [1.82, 2.24) is 25.0 Å². The van der Waals surface area contributed by atoms with Crippen molar-refractivity contribution in [1.29, 1.82) is 5.26 Å². The molecule has 0 saturated carbocycles. The first kappa shape index (κ1) is 40.6. The summed E-state index contributed by atoms with van der Waals surface area (Å²) in [6, 6.07) is 24.0. The van der Waals surface area contributed by atoms with E-state index in [0.717, 1.165) is 87.2 Å². The fourth-order valence-electron chi connectivity index (χ4n) is 6.64. The molecule has 0 bridgehead atoms. The van der Waals surface area contributed by atoms with Crippen LogP contribution >= 0.6 is 11.6 Å². The van der Waals surface area contributed by atoms with Crippen LogP contribution in [0.3, 0.4) is 0 Å². The number of rotatable bonds is 20. The first-order valence-corrected chi connectivity index (χ1v) is 19.3. The minimum atomic E-state index is -0.838. The lowest BCUT2D eigenvalue weighted by Crippen LogP contribution is -2.16. The lowest BCUT2D eigenvalue weighted by molar-refractivity contribution is -0.137. The summed E-state index contributed by atoms with van der Waals surface area (Å²) >= 11 is 6.79. The number of nitrogens with zero attached hydrogens (tertiary/aromatic N) is 4. The molecule has 0 spiro atoms. The van der Waals surface area contributed by atoms with Gasteiger partial charge in [-0.15, -0.1) is 0 Å². The van der Waals surface area contributed by atoms with Gasteiger partial charge in [-0.25, -0.2) is 4.98 Å². The Hall–Kier alpha value is -6.06. The molecule has 3 aromatic carbocycles. The number of imidazole rings is 1. The van der Waals surface area contributed by atoms with E-state index >= 15 is 0 Å². The third-order valence-corrected chi connectivity index (χ3v) is 10.0. The minimum Gasteiger partial charge on any atom is -0.488 e. The molecule has 12 heteroatoms. The number of aromatic nitrogens is 3. The number of aldehydes is 1. The van der Waals surface area contributed by atoms with Crippen LogP contribution < -0.4 is 20.1 Å². The predicted molar refractivity (Wildman–Crippen MR) is 220 cm³/mol. The highest BCUT2D eigenvalue weighted by atomic mass is 35.5. The standard InChI is InChI=1S/C45H45ClN6O5/c1-30-35(29-57-43-20-42(56-28-34-18-33(21-47)23-50-24-34)36(19-40(43)46)25-49-16-7-12-45(54)55)8-5-9-37(30)38-10-6-11-39(31(38)2)41-27-52-26-32(13-14-44(52)51-41)22-48-15-3-4-17-53/h5-6,8-11,13-14,17-20,23-24,26-27,48-49H,3-4,7,12,15-16,22,25,28-29H2,1-2H3,(H,54,55). The van der Waals surface area contributed by atoms with Gasteiger partial charge in [-0.05, 0) is 91.4 Å². The molecule has 3 N–H and O–H groups in total. The zero-order valence-corrected chi connectivity index (χ0v) is 32.8. The van der Waals surface area contributed by atoms with Crippen LogP contribution in [0.15, 0.2) is 91.5 Å². The summed E-state index contributed by atoms with van der Waals surface area (Å²) in [5, 5.41) is 25.4. The molecule has 6 rings (SSSR count). The Morgan fingerprint density at radius 2 is 1.61 bits per heavy atom. The fourth-order valence-corrected chi connectivity index (χ4v) is 6.88. The zero-order chi connectivity index (χ0) is 40.1. The van der Waals surface area contributed by atoms with Crippen molar-refractivity contribution >= 4 is 29.5 Å². The monoisotopic (exact) mass is 784 g/mol. The van der Waals surface area contributed by atoms with E-state index in [4.69, 9.17) is 31.2 Å². The van der Waals surface area contributed by atoms with Gasteiger partial charge >= 0.3 is 5.97 Å². The molecule has 292 valence electrons. The fraction of sp³-hybridized carbons (Fsp3) is 0.267. The maximum Gasteiger partial charge on any atom is 0.303 e. The highest BCUT2D eigenvalue weighted by Gasteiger charge is 2.17. The van der Waals surface area contributed by atoms with Crippen LogP contribution in [-0.4, -0.2) is 44.8 Å². The van der Waals surface area contributed by atoms with Crippen LogP contribution in [-0.2, 0) is 35.9 Å². The number of nitrogens with one attached hydrogen (secondary N) is 2. The van der Waals surface area contributed by atoms with E-state index in [1.54, 1.807) is 24.4 Å². The molecular formula is C45H45ClN6O5. The Kier molecular flexibility index (Phi) is 14.0. The van der Waals surface area contributed by atoms with Gasteiger partial charge in [0, 0.05) is 73.5 Å². The molecule has 0 unspecified atom stereocenters. The Morgan fingerprint density at radius 3 is 2.42 bits per heavy atom. The molecule has 6 aromatic rings. The van der Waals surface area contributed by atoms with E-state index in [-0.39, 0.29) is 19.6 Å². The normalized spacial score (nSPS) is 11.1. The van der Waals surface area contributed by atoms with Crippen molar-refractivity contribution in [2.45, 2.75) is 65.8 Å². The van der Waals surface area contributed by atoms with Crippen molar-refractivity contribution in [3.05, 3.63) is 135 Å². The topological polar surface area (TPSA) is 151 Å². The molecule has 0 amide bonds. The molecule has 0 aliphatic carbocycles. The second kappa shape index (κ2) is 19.7. The Bertz CT molecular complexity index is 2400. The summed E-state index contributed by atoms with van der Waals surface area (Å²) in [6.45, 7) is 7.08. The van der Waals surface area contributed by atoms with Crippen molar-refractivity contribution in [3.8, 4) is 40.0 Å². The van der Waals surface area contributed by atoms with Gasteiger partial charge in [0.15, 0.2) is 0 Å². The van der Waals surface area contributed by atoms with E-state index < -0.39 is 5.97 Å². The van der Waals surface area contributed by atoms with E-state index in [9.17, 15) is 14.9 Å². The summed E-state index contributed by atoms with van der Waals surface area (Å²) in [7, 11) is 0. The first-order valence-electron chi connectivity index (χ1n) is 18.9. The number of nitriles is 1. The quantitative estimate of drug-likeness (QED) is 0.0509. The summed E-state index contributed by atoms with van der Waals surface area (Å²) in [5.41, 5.74) is 11.3. The number of carboxylic acid groups (broad SMARTS) is 1. The predicted octanol–water partition coefficient (Wildman–Crippen LogP) is 8.39. The molecule has 0 aliphatic rings. The van der Waals surface area contributed by atoms with Gasteiger partial charge in [0.1, 0.15) is 42.7 Å². The second-order valence-corrected chi connectivity index (χ2v) is 14.2. The van der Waals surface area contributed by atoms with Crippen molar-refractivity contribution < 1.29 is 24.2 Å². The lowest BCUT2D eigenvalue weighted by Gasteiger charge is -2.18. The molecule has 0 radical (unpaired) electrons. The number of hydrogen-bond acceptors (Lipinski definition) is 9. The number of benzene rings is 3. The molecule has 0 atom stereocenters. The van der Waals surface area contributed by atoms with Crippen LogP contribution in [0.5, 0.6) is 11.5 Å². The van der Waals surface area contributed by atoms with Crippen LogP contribution in [0.25, 0.3) is 28.0 Å². The lowest BCUT2D eigenvalue weighted by atomic mass is 9.91. The summed E-state index contributed by atoms with van der Waals surface area (Å²) < 4.78 is 14.7. The minimum absolute atomic E-state index is 0.0747. The highest BCUT2D eigenvalue weighted by Crippen LogP contribution is 2.37. The number of ether oxygens (including phenoxy) is 2. The number of halogens is 1. The SMILES string of the molecule is Cc1c(COc2cc(OCc3cncc(C#N)c3)c(CNCCCC(=O)O)cc2Cl)cccc1-c1cccc(-c2cn3cc(CNCCCC=O)ccc3n2)c1C. The molecule has 0 saturated heterocycles. The first-order chi connectivity index (χ1) is 27.7. The average molecular weight is 785 g/mol. The van der Waals surface area contributed by atoms with Crippen molar-refractivity contribution in [2.75, 3.05) is 13.1 Å². The Balaban J connectivity index is 1.19. The van der Waals surface area contributed by atoms with E-state index in [0.29, 0.717) is 48.0 Å². The van der Waals surface area contributed by atoms with Crippen LogP contribution in [0.1, 0.15) is 64.6 Å². The summed E-state index contributed by atoms with van der Waals surface area (Å²) in [4.78, 5) is 30.7. The van der Waals surface area contributed by atoms with Crippen LogP contribution in [0, 0.1) is 25.2 Å². The largest absolute Gasteiger partial charge is 0.488 e. The highest BCUT2D eigenvalue weighted by molar-refractivity contribution is 6.32. The van der Waals surface area contributed by atoms with Gasteiger partial charge in [0.2, 0.25) is 0 Å². The number of fused-ring (bicyclic) bond motifs is 1. The van der Waals surface area contributed by atoms with Crippen LogP contribution in [0.2, 0.25) is 5.02 Å². The summed E-state index contributed by atoms with van der Waals surface area (Å²) in [6.07, 6.45) is 10.2. The molecule has 11 nitrogen and oxygen atoms in total. The van der Waals surface area contributed by atoms with Gasteiger partial charge in [-0.3, -0.25) is 9.78 Å². The van der Waals surface area contributed by atoms with E-state index in [1.165, 1.54) is 6.20 Å². The van der Waals surface area contributed by atoms with Gasteiger partial charge in [0.05, 0.1) is 16.3 Å². The van der Waals surface area contributed by atoms with Gasteiger partial charge in [0.25, 0.3) is 0 Å². The van der Waals surface area contributed by atoms with Gasteiger partial charge in [-0.2, -0.15) is 5.26 Å². The van der Waals surface area contributed by atoms with Crippen LogP contribution in [0.4, 0.5) is 0 Å². The third kappa shape index (κ3) is 10.6. The summed E-state index contributed by atoms with van der Waals surface area (Å²) in [5.74, 6) is 0.165. The third-order valence-electron chi connectivity index (χ3n) is 9.74. The molecule has 0 aliphatic heterocycles. The zero-order valence-electron chi connectivity index (χ0n) is 32.1. The van der Waals surface area contributed by atoms with Gasteiger partial charge < -0.3 is 34.4 Å². The number of hydrogen-bond donors (Lipinski definition) is 3. The van der Waals surface area contributed by atoms with Crippen molar-refractivity contribution in [2.24, 2.45) is 0 Å². The average Bonchev–Trinajstić information content (AvgIpc) is 3.64. The maximum atomic E-state index is 11.0. The molecule has 3 heterocycles. The van der Waals surface area contributed by atoms with E-state index in [2.05, 4.69) is 82.7 Å². The number of pyridine rings is 2. The second-order valence-electron chi connectivity index (χ2n) is 13.8. The number of carbonyl (C=O) groups excluding carboxylic acids is 1. The smallest absolute Gasteiger partial charge is 0.303 e. The van der Waals surface area contributed by atoms with Gasteiger partial charge in [-0.1, -0.05) is 54.1 Å². The number of carboxylic acids is 1. The maximum absolute atomic E-state index is 11.0. The number of aliphatic carboxylic acids is 1. The van der Waals surface area contributed by atoms with E-state index in [1.807, 2.05) is 18.2 Å². The molecule has 57 heavy (non-hydrogen) atoms.